The summed E-state index contributed by atoms with van der Waals surface area (Å²) in [5.41, 5.74) is 21.0. The molecule has 66 heavy (non-hydrogen) atoms. The van der Waals surface area contributed by atoms with Gasteiger partial charge in [0.1, 0.15) is 0 Å². The van der Waals surface area contributed by atoms with Crippen LogP contribution in [0.25, 0.3) is 64.7 Å². The van der Waals surface area contributed by atoms with E-state index < -0.39 is 5.41 Å². The molecule has 0 unspecified atom stereocenters. The van der Waals surface area contributed by atoms with Crippen molar-refractivity contribution in [1.82, 2.24) is 0 Å². The Morgan fingerprint density at radius 1 is 0.303 bits per heavy atom. The van der Waals surface area contributed by atoms with Crippen LogP contribution in [0.3, 0.4) is 0 Å². The maximum absolute atomic E-state index is 2.52. The number of benzene rings is 10. The van der Waals surface area contributed by atoms with Crippen LogP contribution in [-0.2, 0) is 10.8 Å². The van der Waals surface area contributed by atoms with Crippen LogP contribution in [0.5, 0.6) is 0 Å². The van der Waals surface area contributed by atoms with E-state index in [9.17, 15) is 0 Å². The van der Waals surface area contributed by atoms with Crippen molar-refractivity contribution in [2.75, 3.05) is 4.90 Å². The molecular formula is C64H45NS. The van der Waals surface area contributed by atoms with Crippen molar-refractivity contribution in [2.45, 2.75) is 24.7 Å². The molecule has 2 aliphatic rings. The van der Waals surface area contributed by atoms with E-state index in [1.807, 2.05) is 11.3 Å². The van der Waals surface area contributed by atoms with Crippen molar-refractivity contribution in [3.63, 3.8) is 0 Å². The van der Waals surface area contributed by atoms with Crippen LogP contribution in [0, 0.1) is 0 Å². The molecule has 0 bridgehead atoms. The van der Waals surface area contributed by atoms with Gasteiger partial charge in [-0.05, 0) is 139 Å². The van der Waals surface area contributed by atoms with Crippen LogP contribution in [0.1, 0.15) is 47.2 Å². The second-order valence-electron chi connectivity index (χ2n) is 18.4. The largest absolute Gasteiger partial charge is 0.310 e. The lowest BCUT2D eigenvalue weighted by atomic mass is 9.55. The lowest BCUT2D eigenvalue weighted by molar-refractivity contribution is 0.563. The summed E-state index contributed by atoms with van der Waals surface area (Å²) in [5.74, 6) is 0. The van der Waals surface area contributed by atoms with E-state index >= 15 is 0 Å². The summed E-state index contributed by atoms with van der Waals surface area (Å²) in [5, 5.41) is 2.55. The van der Waals surface area contributed by atoms with Crippen molar-refractivity contribution in [1.29, 1.82) is 0 Å². The molecule has 0 saturated carbocycles. The van der Waals surface area contributed by atoms with Gasteiger partial charge >= 0.3 is 0 Å². The number of anilines is 3. The fourth-order valence-corrected chi connectivity index (χ4v) is 12.5. The molecule has 1 nitrogen and oxygen atoms in total. The van der Waals surface area contributed by atoms with E-state index in [0.29, 0.717) is 0 Å². The van der Waals surface area contributed by atoms with E-state index in [-0.39, 0.29) is 5.41 Å². The summed E-state index contributed by atoms with van der Waals surface area (Å²) in [6, 6.07) is 88.1. The van der Waals surface area contributed by atoms with Crippen LogP contribution >= 0.6 is 11.3 Å². The topological polar surface area (TPSA) is 3.24 Å². The van der Waals surface area contributed by atoms with Crippen LogP contribution in [0.4, 0.5) is 17.1 Å². The first kappa shape index (κ1) is 38.7. The van der Waals surface area contributed by atoms with E-state index in [2.05, 4.69) is 255 Å². The normalized spacial score (nSPS) is 13.8. The van der Waals surface area contributed by atoms with Gasteiger partial charge < -0.3 is 4.90 Å². The minimum Gasteiger partial charge on any atom is -0.310 e. The second kappa shape index (κ2) is 14.9. The summed E-state index contributed by atoms with van der Waals surface area (Å²) in [6.07, 6.45) is 0. The molecule has 11 aromatic rings. The van der Waals surface area contributed by atoms with E-state index in [4.69, 9.17) is 0 Å². The molecule has 1 aromatic heterocycles. The predicted molar refractivity (Wildman–Crippen MR) is 280 cm³/mol. The van der Waals surface area contributed by atoms with Crippen molar-refractivity contribution < 1.29 is 0 Å². The molecule has 0 fully saturated rings. The molecule has 10 aromatic carbocycles. The summed E-state index contributed by atoms with van der Waals surface area (Å²) in [4.78, 5) is 2.40. The Hall–Kier alpha value is -7.78. The van der Waals surface area contributed by atoms with Crippen LogP contribution in [0.15, 0.2) is 237 Å². The molecule has 0 N–H and O–H groups in total. The van der Waals surface area contributed by atoms with Gasteiger partial charge in [-0.2, -0.15) is 0 Å². The maximum atomic E-state index is 2.52. The Labute approximate surface area is 390 Å². The van der Waals surface area contributed by atoms with Crippen LogP contribution in [-0.4, -0.2) is 0 Å². The molecule has 2 heteroatoms. The highest BCUT2D eigenvalue weighted by Gasteiger charge is 2.53. The van der Waals surface area contributed by atoms with Gasteiger partial charge in [0.15, 0.2) is 0 Å². The van der Waals surface area contributed by atoms with E-state index in [0.717, 1.165) is 17.1 Å². The van der Waals surface area contributed by atoms with Gasteiger partial charge in [-0.25, -0.2) is 0 Å². The Kier molecular flexibility index (Phi) is 8.72. The number of fused-ring (bicyclic) bond motifs is 12. The minimum absolute atomic E-state index is 0.134. The van der Waals surface area contributed by atoms with Crippen molar-refractivity contribution in [3.05, 3.63) is 270 Å². The van der Waals surface area contributed by atoms with Crippen LogP contribution < -0.4 is 4.90 Å². The number of thiophene rings is 1. The van der Waals surface area contributed by atoms with Crippen molar-refractivity contribution in [2.24, 2.45) is 0 Å². The second-order valence-corrected chi connectivity index (χ2v) is 19.5. The Morgan fingerprint density at radius 3 is 1.30 bits per heavy atom. The van der Waals surface area contributed by atoms with Gasteiger partial charge in [0.05, 0.1) is 5.41 Å². The molecule has 1 spiro atoms. The summed E-state index contributed by atoms with van der Waals surface area (Å²) < 4.78 is 2.57. The fraction of sp³-hybridized carbons (Fsp3) is 0.0625. The zero-order chi connectivity index (χ0) is 44.0. The van der Waals surface area contributed by atoms with Gasteiger partial charge in [0.25, 0.3) is 0 Å². The zero-order valence-corrected chi connectivity index (χ0v) is 37.7. The molecule has 0 amide bonds. The maximum Gasteiger partial charge on any atom is 0.0719 e. The Balaban J connectivity index is 0.956. The molecule has 0 aliphatic heterocycles. The van der Waals surface area contributed by atoms with E-state index in [1.54, 1.807) is 0 Å². The number of hydrogen-bond donors (Lipinski definition) is 0. The average molecular weight is 860 g/mol. The summed E-state index contributed by atoms with van der Waals surface area (Å²) in [6.45, 7) is 4.79. The van der Waals surface area contributed by atoms with Gasteiger partial charge in [0, 0.05) is 42.6 Å². The number of rotatable bonds is 6. The smallest absolute Gasteiger partial charge is 0.0719 e. The van der Waals surface area contributed by atoms with Crippen LogP contribution in [0.2, 0.25) is 0 Å². The Morgan fingerprint density at radius 2 is 0.712 bits per heavy atom. The fourth-order valence-electron chi connectivity index (χ4n) is 11.4. The molecule has 1 heterocycles. The van der Waals surface area contributed by atoms with Gasteiger partial charge in [-0.3, -0.25) is 0 Å². The van der Waals surface area contributed by atoms with Gasteiger partial charge in [0.2, 0.25) is 0 Å². The van der Waals surface area contributed by atoms with E-state index in [1.165, 1.54) is 98.1 Å². The molecule has 0 saturated heterocycles. The monoisotopic (exact) mass is 859 g/mol. The summed E-state index contributed by atoms with van der Waals surface area (Å²) in [7, 11) is 0. The number of nitrogens with zero attached hydrogens (tertiary/aromatic N) is 1. The van der Waals surface area contributed by atoms with Crippen molar-refractivity contribution in [3.8, 4) is 44.5 Å². The quantitative estimate of drug-likeness (QED) is 0.161. The third kappa shape index (κ3) is 5.78. The molecular weight excluding hydrogens is 815 g/mol. The predicted octanol–water partition coefficient (Wildman–Crippen LogP) is 17.5. The molecule has 0 atom stereocenters. The molecule has 312 valence electrons. The zero-order valence-electron chi connectivity index (χ0n) is 36.9. The highest BCUT2D eigenvalue weighted by atomic mass is 32.1. The van der Waals surface area contributed by atoms with Gasteiger partial charge in [-0.15, -0.1) is 11.3 Å². The highest BCUT2D eigenvalue weighted by Crippen LogP contribution is 2.62. The summed E-state index contributed by atoms with van der Waals surface area (Å²) >= 11 is 1.87. The first-order valence-electron chi connectivity index (χ1n) is 23.0. The molecule has 2 aliphatic carbocycles. The SMILES string of the molecule is CC1(C)c2ccccc2C2(c3ccccc3-c3ccc(-c4ccc5sc6ccc(N(c7ccc(-c8ccccc8)cc7)c7ccc(-c8ccccc8)cc7)cc6c5c4)cc32)c2ccccc21. The standard InChI is InChI=1S/C64H45NS/c1-63(2)56-21-11-13-23-58(56)64(59-24-14-12-22-57(59)63)55-20-10-9-19-51(55)52-36-29-47(40-60(52)64)46-30-37-61-53(39-46)54-41-50(35-38-62(54)66-61)65(48-31-25-44(26-32-48)42-15-5-3-6-16-42)49-33-27-45(28-34-49)43-17-7-4-8-18-43/h3-41H,1-2H3. The first-order chi connectivity index (χ1) is 32.5. The first-order valence-corrected chi connectivity index (χ1v) is 23.8. The average Bonchev–Trinajstić information content (AvgIpc) is 3.89. The van der Waals surface area contributed by atoms with Gasteiger partial charge in [-0.1, -0.05) is 190 Å². The number of hydrogen-bond acceptors (Lipinski definition) is 2. The Bertz CT molecular complexity index is 3520. The highest BCUT2D eigenvalue weighted by molar-refractivity contribution is 7.25. The van der Waals surface area contributed by atoms with Crippen molar-refractivity contribution >= 4 is 48.6 Å². The minimum atomic E-state index is -0.430. The lowest BCUT2D eigenvalue weighted by Gasteiger charge is -2.46. The third-order valence-electron chi connectivity index (χ3n) is 14.6. The lowest BCUT2D eigenvalue weighted by Crippen LogP contribution is -2.40. The molecule has 0 radical (unpaired) electrons. The third-order valence-corrected chi connectivity index (χ3v) is 15.7. The molecule has 13 rings (SSSR count).